The molecule has 8 heteroatoms. The van der Waals surface area contributed by atoms with Gasteiger partial charge in [0.25, 0.3) is 0 Å². The fraction of sp³-hybridized carbons (Fsp3) is 0. The molecule has 11 aromatic rings. The molecule has 8 heterocycles. The van der Waals surface area contributed by atoms with Gasteiger partial charge in [-0.3, -0.25) is 19.9 Å². The standard InChI is InChI=1S/C38H20N6O2/c1-3-35-25(13-21(1)43-31-7-11-39-17-29(31)23-5-9-41-19-33(23)43)27-15-38-28(16-37(27)45-35)26-14-22(2-4-36(26)46-38)44-32-8-12-40-18-30(32)24-6-10-42-20-34(24)44/h1-20H. The van der Waals surface area contributed by atoms with Gasteiger partial charge < -0.3 is 18.0 Å². The van der Waals surface area contributed by atoms with Gasteiger partial charge in [0.15, 0.2) is 0 Å². The summed E-state index contributed by atoms with van der Waals surface area (Å²) in [6, 6.07) is 25.0. The first kappa shape index (κ1) is 23.9. The van der Waals surface area contributed by atoms with Crippen LogP contribution in [0.4, 0.5) is 0 Å². The molecule has 214 valence electrons. The van der Waals surface area contributed by atoms with E-state index in [-0.39, 0.29) is 0 Å². The lowest BCUT2D eigenvalue weighted by Gasteiger charge is -2.07. The zero-order valence-electron chi connectivity index (χ0n) is 24.0. The Hall–Kier alpha value is -6.54. The van der Waals surface area contributed by atoms with Gasteiger partial charge in [0, 0.05) is 91.6 Å². The summed E-state index contributed by atoms with van der Waals surface area (Å²) in [5, 5.41) is 8.48. The second-order valence-corrected chi connectivity index (χ2v) is 11.7. The Morgan fingerprint density at radius 3 is 1.28 bits per heavy atom. The minimum atomic E-state index is 0.813. The van der Waals surface area contributed by atoms with E-state index in [9.17, 15) is 0 Å². The maximum atomic E-state index is 6.45. The highest BCUT2D eigenvalue weighted by Crippen LogP contribution is 2.40. The summed E-state index contributed by atoms with van der Waals surface area (Å²) in [7, 11) is 0. The van der Waals surface area contributed by atoms with Crippen LogP contribution in [0.3, 0.4) is 0 Å². The lowest BCUT2D eigenvalue weighted by molar-refractivity contribution is 0.664. The average molecular weight is 593 g/mol. The Balaban J connectivity index is 1.13. The van der Waals surface area contributed by atoms with E-state index in [2.05, 4.69) is 65.5 Å². The molecule has 0 unspecified atom stereocenters. The molecule has 11 rings (SSSR count). The van der Waals surface area contributed by atoms with Crippen LogP contribution in [-0.4, -0.2) is 29.1 Å². The first-order chi connectivity index (χ1) is 22.8. The molecule has 0 saturated carbocycles. The highest BCUT2D eigenvalue weighted by Gasteiger charge is 2.18. The third-order valence-electron chi connectivity index (χ3n) is 9.28. The van der Waals surface area contributed by atoms with Gasteiger partial charge in [-0.2, -0.15) is 0 Å². The van der Waals surface area contributed by atoms with E-state index < -0.39 is 0 Å². The summed E-state index contributed by atoms with van der Waals surface area (Å²) in [4.78, 5) is 17.6. The van der Waals surface area contributed by atoms with Gasteiger partial charge in [-0.15, -0.1) is 0 Å². The maximum Gasteiger partial charge on any atom is 0.136 e. The minimum absolute atomic E-state index is 0.813. The molecule has 46 heavy (non-hydrogen) atoms. The van der Waals surface area contributed by atoms with Crippen LogP contribution in [0.5, 0.6) is 0 Å². The molecule has 0 radical (unpaired) electrons. The summed E-state index contributed by atoms with van der Waals surface area (Å²) in [6.45, 7) is 0. The number of hydrogen-bond acceptors (Lipinski definition) is 6. The predicted molar refractivity (Wildman–Crippen MR) is 181 cm³/mol. The van der Waals surface area contributed by atoms with Crippen LogP contribution < -0.4 is 0 Å². The average Bonchev–Trinajstić information content (AvgIpc) is 3.84. The van der Waals surface area contributed by atoms with Crippen molar-refractivity contribution < 1.29 is 8.83 Å². The molecule has 0 fully saturated rings. The lowest BCUT2D eigenvalue weighted by atomic mass is 10.1. The first-order valence-electron chi connectivity index (χ1n) is 15.0. The van der Waals surface area contributed by atoms with E-state index in [4.69, 9.17) is 8.83 Å². The quantitative estimate of drug-likeness (QED) is 0.199. The van der Waals surface area contributed by atoms with Crippen molar-refractivity contribution in [2.45, 2.75) is 0 Å². The van der Waals surface area contributed by atoms with Gasteiger partial charge in [0.1, 0.15) is 22.3 Å². The Kier molecular flexibility index (Phi) is 4.43. The summed E-state index contributed by atoms with van der Waals surface area (Å²) < 4.78 is 17.4. The fourth-order valence-electron chi connectivity index (χ4n) is 7.28. The van der Waals surface area contributed by atoms with Crippen LogP contribution in [0, 0.1) is 0 Å². The fourth-order valence-corrected chi connectivity index (χ4v) is 7.28. The van der Waals surface area contributed by atoms with Gasteiger partial charge >= 0.3 is 0 Å². The molecular weight excluding hydrogens is 572 g/mol. The van der Waals surface area contributed by atoms with Crippen LogP contribution in [0.15, 0.2) is 131 Å². The van der Waals surface area contributed by atoms with Crippen molar-refractivity contribution in [3.8, 4) is 11.4 Å². The molecular formula is C38H20N6O2. The summed E-state index contributed by atoms with van der Waals surface area (Å²) >= 11 is 0. The molecule has 0 aliphatic rings. The van der Waals surface area contributed by atoms with Gasteiger partial charge in [-0.25, -0.2) is 0 Å². The molecule has 0 spiro atoms. The van der Waals surface area contributed by atoms with Crippen molar-refractivity contribution in [3.63, 3.8) is 0 Å². The lowest BCUT2D eigenvalue weighted by Crippen LogP contribution is -1.93. The Morgan fingerprint density at radius 2 is 0.783 bits per heavy atom. The zero-order valence-corrected chi connectivity index (χ0v) is 24.0. The van der Waals surface area contributed by atoms with Crippen LogP contribution in [0.2, 0.25) is 0 Å². The molecule has 8 aromatic heterocycles. The first-order valence-corrected chi connectivity index (χ1v) is 15.0. The van der Waals surface area contributed by atoms with E-state index in [1.54, 1.807) is 0 Å². The second kappa shape index (κ2) is 8.55. The van der Waals surface area contributed by atoms with E-state index in [1.807, 2.05) is 86.0 Å². The molecule has 0 saturated heterocycles. The highest BCUT2D eigenvalue weighted by atomic mass is 16.3. The van der Waals surface area contributed by atoms with Gasteiger partial charge in [-0.05, 0) is 72.8 Å². The molecule has 3 aromatic carbocycles. The molecule has 0 N–H and O–H groups in total. The second-order valence-electron chi connectivity index (χ2n) is 11.7. The molecule has 8 nitrogen and oxygen atoms in total. The number of benzene rings is 3. The number of hydrogen-bond donors (Lipinski definition) is 0. The van der Waals surface area contributed by atoms with E-state index >= 15 is 0 Å². The molecule has 0 atom stereocenters. The number of aromatic nitrogens is 6. The third-order valence-corrected chi connectivity index (χ3v) is 9.28. The summed E-state index contributed by atoms with van der Waals surface area (Å²) in [5.41, 5.74) is 9.55. The molecule has 0 aliphatic heterocycles. The monoisotopic (exact) mass is 592 g/mol. The maximum absolute atomic E-state index is 6.45. The Labute approximate surface area is 258 Å². The van der Waals surface area contributed by atoms with Crippen LogP contribution in [0.1, 0.15) is 0 Å². The number of rotatable bonds is 2. The van der Waals surface area contributed by atoms with Crippen LogP contribution >= 0.6 is 0 Å². The third kappa shape index (κ3) is 3.07. The zero-order chi connectivity index (χ0) is 29.9. The number of fused-ring (bicyclic) bond motifs is 12. The van der Waals surface area contributed by atoms with Crippen molar-refractivity contribution >= 4 is 87.5 Å². The number of furan rings is 2. The van der Waals surface area contributed by atoms with E-state index in [0.717, 1.165) is 98.9 Å². The Bertz CT molecular complexity index is 2740. The molecule has 0 bridgehead atoms. The normalized spacial score (nSPS) is 12.3. The van der Waals surface area contributed by atoms with Crippen LogP contribution in [0.25, 0.3) is 98.9 Å². The topological polar surface area (TPSA) is 87.7 Å². The van der Waals surface area contributed by atoms with Crippen molar-refractivity contribution in [3.05, 3.63) is 122 Å². The largest absolute Gasteiger partial charge is 0.456 e. The predicted octanol–water partition coefficient (Wildman–Crippen LogP) is 9.26. The minimum Gasteiger partial charge on any atom is -0.456 e. The van der Waals surface area contributed by atoms with Gasteiger partial charge in [0.2, 0.25) is 0 Å². The van der Waals surface area contributed by atoms with Gasteiger partial charge in [-0.1, -0.05) is 0 Å². The molecule has 0 aliphatic carbocycles. The number of pyridine rings is 4. The van der Waals surface area contributed by atoms with Crippen molar-refractivity contribution in [1.29, 1.82) is 0 Å². The SMILES string of the molecule is c1cc2c(cn1)c1ccncc1n2-c1ccc2oc3cc4c(cc3c2c1)oc1ccc(-n2c3ccncc3c3ccncc32)cc14. The van der Waals surface area contributed by atoms with Crippen molar-refractivity contribution in [1.82, 2.24) is 29.1 Å². The van der Waals surface area contributed by atoms with Crippen molar-refractivity contribution in [2.75, 3.05) is 0 Å². The molecule has 0 amide bonds. The van der Waals surface area contributed by atoms with Crippen LogP contribution in [-0.2, 0) is 0 Å². The Morgan fingerprint density at radius 1 is 0.348 bits per heavy atom. The highest BCUT2D eigenvalue weighted by molar-refractivity contribution is 6.16. The van der Waals surface area contributed by atoms with E-state index in [1.165, 1.54) is 0 Å². The summed E-state index contributed by atoms with van der Waals surface area (Å²) in [5.74, 6) is 0. The number of nitrogens with zero attached hydrogens (tertiary/aromatic N) is 6. The van der Waals surface area contributed by atoms with E-state index in [0.29, 0.717) is 0 Å². The van der Waals surface area contributed by atoms with Crippen molar-refractivity contribution in [2.24, 2.45) is 0 Å². The smallest absolute Gasteiger partial charge is 0.136 e. The summed E-state index contributed by atoms with van der Waals surface area (Å²) in [6.07, 6.45) is 15.0. The van der Waals surface area contributed by atoms with Gasteiger partial charge in [0.05, 0.1) is 34.5 Å².